The number of nitrogens with zero attached hydrogens (tertiary/aromatic N) is 5. The fraction of sp³-hybridized carbons (Fsp3) is 0.273. The second-order valence-corrected chi connectivity index (χ2v) is 3.79. The van der Waals surface area contributed by atoms with E-state index in [4.69, 9.17) is 4.74 Å². The molecule has 9 nitrogen and oxygen atoms in total. The van der Waals surface area contributed by atoms with Gasteiger partial charge in [-0.3, -0.25) is 4.99 Å². The van der Waals surface area contributed by atoms with Crippen molar-refractivity contribution >= 4 is 5.82 Å². The predicted octanol–water partition coefficient (Wildman–Crippen LogP) is 0.366. The van der Waals surface area contributed by atoms with Crippen LogP contribution in [0.4, 0.5) is 5.82 Å². The average Bonchev–Trinajstić information content (AvgIpc) is 2.78. The molecule has 0 spiro atoms. The van der Waals surface area contributed by atoms with E-state index in [0.29, 0.717) is 10.5 Å². The van der Waals surface area contributed by atoms with Gasteiger partial charge in [0.05, 0.1) is 18.3 Å². The molecule has 106 valence electrons. The highest BCUT2D eigenvalue weighted by atomic mass is 16.6. The van der Waals surface area contributed by atoms with E-state index in [-0.39, 0.29) is 18.6 Å². The smallest absolute Gasteiger partial charge is 0.409 e. The Labute approximate surface area is 113 Å². The van der Waals surface area contributed by atoms with E-state index in [1.807, 2.05) is 0 Å². The molecule has 0 fully saturated rings. The second kappa shape index (κ2) is 5.97. The van der Waals surface area contributed by atoms with Crippen LogP contribution in [0.1, 0.15) is 0 Å². The normalized spacial score (nSPS) is 11.8. The van der Waals surface area contributed by atoms with Crippen LogP contribution < -0.4 is 5.49 Å². The maximum absolute atomic E-state index is 11.0. The number of benzene rings is 1. The lowest BCUT2D eigenvalue weighted by Crippen LogP contribution is -2.23. The Morgan fingerprint density at radius 1 is 1.45 bits per heavy atom. The highest BCUT2D eigenvalue weighted by Gasteiger charge is 2.23. The maximum atomic E-state index is 11.0. The summed E-state index contributed by atoms with van der Waals surface area (Å²) in [5.41, 5.74) is 0.252. The number of para-hydroxylation sites is 1. The molecule has 0 amide bonds. The number of methoxy groups -OCH3 is 1. The van der Waals surface area contributed by atoms with Crippen molar-refractivity contribution in [3.05, 3.63) is 45.9 Å². The summed E-state index contributed by atoms with van der Waals surface area (Å²) in [4.78, 5) is 15.7. The quantitative estimate of drug-likeness (QED) is 0.368. The minimum Gasteiger partial charge on any atom is -0.409 e. The first-order valence-electron chi connectivity index (χ1n) is 5.76. The third-order valence-electron chi connectivity index (χ3n) is 2.48. The average molecular weight is 279 g/mol. The van der Waals surface area contributed by atoms with Crippen molar-refractivity contribution in [3.63, 3.8) is 0 Å². The molecule has 1 aromatic carbocycles. The second-order valence-electron chi connectivity index (χ2n) is 3.79. The van der Waals surface area contributed by atoms with Crippen LogP contribution in [0.3, 0.4) is 0 Å². The third kappa shape index (κ3) is 2.67. The highest BCUT2D eigenvalue weighted by Crippen LogP contribution is 2.07. The molecular weight excluding hydrogens is 266 g/mol. The monoisotopic (exact) mass is 279 g/mol. The van der Waals surface area contributed by atoms with E-state index in [1.54, 1.807) is 30.3 Å². The Hall–Kier alpha value is -2.68. The van der Waals surface area contributed by atoms with Crippen molar-refractivity contribution in [1.82, 2.24) is 14.7 Å². The van der Waals surface area contributed by atoms with Gasteiger partial charge in [0.1, 0.15) is 5.69 Å². The lowest BCUT2D eigenvalue weighted by molar-refractivity contribution is -0.391. The molecule has 0 atom stereocenters. The Kier molecular flexibility index (Phi) is 4.11. The molecule has 0 saturated heterocycles. The van der Waals surface area contributed by atoms with E-state index in [0.717, 1.165) is 4.80 Å². The van der Waals surface area contributed by atoms with Crippen LogP contribution >= 0.6 is 0 Å². The van der Waals surface area contributed by atoms with Crippen LogP contribution in [-0.4, -0.2) is 45.1 Å². The summed E-state index contributed by atoms with van der Waals surface area (Å²) >= 11 is 0. The standard InChI is InChI=1S/C11H13N5O4/c1-20-8-7-12-10-11(16(18)19)13-14(15(10)17)9-5-3-2-4-6-9/h2-6,17H,7-8H2,1H3. The Morgan fingerprint density at radius 3 is 2.75 bits per heavy atom. The Bertz CT molecular complexity index is 661. The molecule has 0 saturated carbocycles. The summed E-state index contributed by atoms with van der Waals surface area (Å²) in [7, 11) is 1.49. The number of nitro groups is 1. The van der Waals surface area contributed by atoms with Crippen molar-refractivity contribution in [2.24, 2.45) is 4.99 Å². The lowest BCUT2D eigenvalue weighted by atomic mass is 10.3. The molecule has 1 aromatic heterocycles. The molecule has 1 heterocycles. The van der Waals surface area contributed by atoms with Crippen molar-refractivity contribution in [3.8, 4) is 5.69 Å². The molecule has 0 aliphatic heterocycles. The summed E-state index contributed by atoms with van der Waals surface area (Å²) < 4.78 is 4.81. The number of hydrogen-bond acceptors (Lipinski definition) is 6. The van der Waals surface area contributed by atoms with Crippen molar-refractivity contribution in [2.45, 2.75) is 0 Å². The number of aromatic nitrogens is 3. The molecular formula is C11H13N5O4. The zero-order valence-corrected chi connectivity index (χ0v) is 10.7. The SMILES string of the molecule is COCCN=c1c([N+](=O)[O-])nn(-c2ccccc2)n1O. The zero-order valence-electron chi connectivity index (χ0n) is 10.7. The number of ether oxygens (including phenoxy) is 1. The van der Waals surface area contributed by atoms with Gasteiger partial charge in [-0.15, -0.1) is 0 Å². The topological polar surface area (TPSA) is 108 Å². The maximum Gasteiger partial charge on any atom is 0.438 e. The van der Waals surface area contributed by atoms with Gasteiger partial charge in [-0.05, 0) is 21.9 Å². The lowest BCUT2D eigenvalue weighted by Gasteiger charge is -1.98. The molecule has 0 radical (unpaired) electrons. The van der Waals surface area contributed by atoms with Gasteiger partial charge < -0.3 is 20.1 Å². The highest BCUT2D eigenvalue weighted by molar-refractivity contribution is 5.29. The van der Waals surface area contributed by atoms with Crippen molar-refractivity contribution in [2.75, 3.05) is 20.3 Å². The van der Waals surface area contributed by atoms with Gasteiger partial charge in [-0.25, -0.2) is 0 Å². The zero-order chi connectivity index (χ0) is 14.5. The van der Waals surface area contributed by atoms with Crippen LogP contribution in [0, 0.1) is 10.1 Å². The molecule has 0 aliphatic carbocycles. The van der Waals surface area contributed by atoms with Crippen molar-refractivity contribution < 1.29 is 14.9 Å². The molecule has 9 heteroatoms. The molecule has 2 aromatic rings. The fourth-order valence-electron chi connectivity index (χ4n) is 1.58. The first-order valence-corrected chi connectivity index (χ1v) is 5.76. The van der Waals surface area contributed by atoms with Gasteiger partial charge in [0.15, 0.2) is 0 Å². The largest absolute Gasteiger partial charge is 0.438 e. The van der Waals surface area contributed by atoms with Crippen LogP contribution in [0.25, 0.3) is 5.69 Å². The molecule has 20 heavy (non-hydrogen) atoms. The van der Waals surface area contributed by atoms with E-state index in [9.17, 15) is 15.3 Å². The minimum atomic E-state index is -0.697. The predicted molar refractivity (Wildman–Crippen MR) is 67.7 cm³/mol. The molecule has 2 rings (SSSR count). The minimum absolute atomic E-state index is 0.179. The molecule has 0 aliphatic rings. The van der Waals surface area contributed by atoms with Crippen LogP contribution in [0.5, 0.6) is 0 Å². The van der Waals surface area contributed by atoms with E-state index >= 15 is 0 Å². The summed E-state index contributed by atoms with van der Waals surface area (Å²) in [5, 5.41) is 24.7. The van der Waals surface area contributed by atoms with Crippen molar-refractivity contribution in [1.29, 1.82) is 0 Å². The summed E-state index contributed by atoms with van der Waals surface area (Å²) in [6.45, 7) is 0.464. The van der Waals surface area contributed by atoms with Gasteiger partial charge in [0.2, 0.25) is 0 Å². The number of rotatable bonds is 5. The fourth-order valence-corrected chi connectivity index (χ4v) is 1.58. The summed E-state index contributed by atoms with van der Waals surface area (Å²) in [5.74, 6) is -0.521. The molecule has 0 unspecified atom stereocenters. The first kappa shape index (κ1) is 13.7. The van der Waals surface area contributed by atoms with Gasteiger partial charge >= 0.3 is 5.82 Å². The molecule has 0 bridgehead atoms. The van der Waals surface area contributed by atoms with Gasteiger partial charge in [-0.2, -0.15) is 0 Å². The Morgan fingerprint density at radius 2 is 2.15 bits per heavy atom. The van der Waals surface area contributed by atoms with Crippen LogP contribution in [-0.2, 0) is 4.74 Å². The third-order valence-corrected chi connectivity index (χ3v) is 2.48. The summed E-state index contributed by atoms with van der Waals surface area (Å²) in [6.07, 6.45) is 0. The molecule has 1 N–H and O–H groups in total. The van der Waals surface area contributed by atoms with Crippen LogP contribution in [0.2, 0.25) is 0 Å². The Balaban J connectivity index is 2.54. The first-order chi connectivity index (χ1) is 9.65. The van der Waals surface area contributed by atoms with Gasteiger partial charge in [0, 0.05) is 7.11 Å². The van der Waals surface area contributed by atoms with Crippen LogP contribution in [0.15, 0.2) is 35.3 Å². The number of hydrogen-bond donors (Lipinski definition) is 1. The van der Waals surface area contributed by atoms with Gasteiger partial charge in [-0.1, -0.05) is 23.0 Å². The van der Waals surface area contributed by atoms with E-state index < -0.39 is 10.7 Å². The van der Waals surface area contributed by atoms with E-state index in [2.05, 4.69) is 10.1 Å². The van der Waals surface area contributed by atoms with E-state index in [1.165, 1.54) is 7.11 Å². The summed E-state index contributed by atoms with van der Waals surface area (Å²) in [6, 6.07) is 8.55. The van der Waals surface area contributed by atoms with Gasteiger partial charge in [0.25, 0.3) is 5.49 Å².